The van der Waals surface area contributed by atoms with E-state index in [1.54, 1.807) is 7.11 Å². The molecule has 0 radical (unpaired) electrons. The van der Waals surface area contributed by atoms with E-state index in [0.29, 0.717) is 13.2 Å². The van der Waals surface area contributed by atoms with Crippen LogP contribution in [0.25, 0.3) is 0 Å². The maximum absolute atomic E-state index is 11.0. The lowest BCUT2D eigenvalue weighted by Gasteiger charge is -2.42. The van der Waals surface area contributed by atoms with Crippen molar-refractivity contribution in [3.63, 3.8) is 0 Å². The molecule has 4 rings (SSSR count). The SMILES string of the molecule is COc1cccc(CNc2ccc3c(c2)[C@@H](OCc2ccccc2)[C@H](O)C(C)(C)O3)c1. The molecule has 1 aliphatic rings. The van der Waals surface area contributed by atoms with E-state index in [0.717, 1.165) is 33.9 Å². The van der Waals surface area contributed by atoms with Crippen LogP contribution in [-0.2, 0) is 17.9 Å². The van der Waals surface area contributed by atoms with Crippen LogP contribution in [0.15, 0.2) is 72.8 Å². The molecule has 0 fully saturated rings. The van der Waals surface area contributed by atoms with Crippen molar-refractivity contribution in [2.45, 2.75) is 44.8 Å². The highest BCUT2D eigenvalue weighted by Crippen LogP contribution is 2.43. The number of aliphatic hydroxyl groups excluding tert-OH is 1. The van der Waals surface area contributed by atoms with E-state index in [1.165, 1.54) is 0 Å². The summed E-state index contributed by atoms with van der Waals surface area (Å²) in [5.74, 6) is 1.57. The zero-order valence-electron chi connectivity index (χ0n) is 18.2. The van der Waals surface area contributed by atoms with E-state index in [1.807, 2.05) is 80.6 Å². The highest BCUT2D eigenvalue weighted by molar-refractivity contribution is 5.54. The van der Waals surface area contributed by atoms with Crippen LogP contribution in [0.5, 0.6) is 11.5 Å². The molecule has 3 aromatic carbocycles. The predicted molar refractivity (Wildman–Crippen MR) is 121 cm³/mol. The minimum Gasteiger partial charge on any atom is -0.497 e. The van der Waals surface area contributed by atoms with Gasteiger partial charge in [-0.25, -0.2) is 0 Å². The summed E-state index contributed by atoms with van der Waals surface area (Å²) in [6.07, 6.45) is -1.28. The first kappa shape index (κ1) is 21.2. The van der Waals surface area contributed by atoms with Gasteiger partial charge in [0.1, 0.15) is 29.3 Å². The zero-order chi connectivity index (χ0) is 21.8. The van der Waals surface area contributed by atoms with E-state index < -0.39 is 17.8 Å². The monoisotopic (exact) mass is 419 g/mol. The Labute approximate surface area is 183 Å². The minimum absolute atomic E-state index is 0.416. The normalized spacial score (nSPS) is 19.2. The highest BCUT2D eigenvalue weighted by Gasteiger charge is 2.43. The summed E-state index contributed by atoms with van der Waals surface area (Å²) in [7, 11) is 1.67. The molecule has 5 heteroatoms. The van der Waals surface area contributed by atoms with Gasteiger partial charge in [-0.3, -0.25) is 0 Å². The molecule has 0 bridgehead atoms. The number of nitrogens with one attached hydrogen (secondary N) is 1. The number of hydrogen-bond donors (Lipinski definition) is 2. The molecule has 0 saturated carbocycles. The summed E-state index contributed by atoms with van der Waals surface area (Å²) < 4.78 is 17.6. The van der Waals surface area contributed by atoms with Gasteiger partial charge >= 0.3 is 0 Å². The average Bonchev–Trinajstić information content (AvgIpc) is 2.79. The van der Waals surface area contributed by atoms with Crippen molar-refractivity contribution >= 4 is 5.69 Å². The predicted octanol–water partition coefficient (Wildman–Crippen LogP) is 5.10. The van der Waals surface area contributed by atoms with Crippen LogP contribution < -0.4 is 14.8 Å². The fourth-order valence-electron chi connectivity index (χ4n) is 3.78. The number of ether oxygens (including phenoxy) is 3. The average molecular weight is 420 g/mol. The molecule has 5 nitrogen and oxygen atoms in total. The summed E-state index contributed by atoms with van der Waals surface area (Å²) >= 11 is 0. The molecule has 3 aromatic rings. The topological polar surface area (TPSA) is 60.0 Å². The van der Waals surface area contributed by atoms with Crippen LogP contribution in [0.3, 0.4) is 0 Å². The first-order valence-corrected chi connectivity index (χ1v) is 10.5. The second kappa shape index (κ2) is 9.00. The first-order chi connectivity index (χ1) is 15.0. The molecule has 0 amide bonds. The molecule has 0 spiro atoms. The molecule has 0 saturated heterocycles. The summed E-state index contributed by atoms with van der Waals surface area (Å²) in [6.45, 7) is 4.84. The molecule has 1 aliphatic heterocycles. The van der Waals surface area contributed by atoms with Crippen LogP contribution in [0.2, 0.25) is 0 Å². The lowest BCUT2D eigenvalue weighted by atomic mass is 9.88. The Bertz CT molecular complexity index is 1020. The van der Waals surface area contributed by atoms with Crippen LogP contribution in [0.1, 0.15) is 36.6 Å². The van der Waals surface area contributed by atoms with E-state index in [2.05, 4.69) is 11.4 Å². The van der Waals surface area contributed by atoms with E-state index in [4.69, 9.17) is 14.2 Å². The van der Waals surface area contributed by atoms with Gasteiger partial charge < -0.3 is 24.6 Å². The Morgan fingerprint density at radius 2 is 1.74 bits per heavy atom. The lowest BCUT2D eigenvalue weighted by molar-refractivity contribution is -0.139. The van der Waals surface area contributed by atoms with Gasteiger partial charge in [0.2, 0.25) is 0 Å². The maximum atomic E-state index is 11.0. The largest absolute Gasteiger partial charge is 0.497 e. The van der Waals surface area contributed by atoms with Gasteiger partial charge in [0.25, 0.3) is 0 Å². The minimum atomic E-state index is -0.794. The Kier molecular flexibility index (Phi) is 6.16. The Balaban J connectivity index is 1.54. The van der Waals surface area contributed by atoms with Crippen LogP contribution >= 0.6 is 0 Å². The van der Waals surface area contributed by atoms with Gasteiger partial charge in [0.15, 0.2) is 0 Å². The molecule has 2 atom stereocenters. The summed E-state index contributed by atoms with van der Waals surface area (Å²) in [5, 5.41) is 14.4. The molecule has 2 N–H and O–H groups in total. The number of methoxy groups -OCH3 is 1. The lowest BCUT2D eigenvalue weighted by Crippen LogP contribution is -2.49. The summed E-state index contributed by atoms with van der Waals surface area (Å²) in [5.41, 5.74) is 3.21. The standard InChI is InChI=1S/C26H29NO4/c1-26(2)25(28)24(30-17-18-8-5-4-6-9-18)22-15-20(12-13-23(22)31-26)27-16-19-10-7-11-21(14-19)29-3/h4-15,24-25,27-28H,16-17H2,1-3H3/t24-,25+/m1/s1. The summed E-state index contributed by atoms with van der Waals surface area (Å²) in [4.78, 5) is 0. The molecule has 0 aromatic heterocycles. The number of benzene rings is 3. The number of anilines is 1. The second-order valence-corrected chi connectivity index (χ2v) is 8.33. The molecule has 0 aliphatic carbocycles. The van der Waals surface area contributed by atoms with Gasteiger partial charge in [-0.2, -0.15) is 0 Å². The molecule has 1 heterocycles. The number of fused-ring (bicyclic) bond motifs is 1. The van der Waals surface area contributed by atoms with Crippen molar-refractivity contribution in [2.75, 3.05) is 12.4 Å². The quantitative estimate of drug-likeness (QED) is 0.558. The van der Waals surface area contributed by atoms with Crippen molar-refractivity contribution in [3.05, 3.63) is 89.5 Å². The first-order valence-electron chi connectivity index (χ1n) is 10.5. The molecule has 0 unspecified atom stereocenters. The van der Waals surface area contributed by atoms with E-state index in [-0.39, 0.29) is 0 Å². The van der Waals surface area contributed by atoms with Gasteiger partial charge in [-0.1, -0.05) is 42.5 Å². The molecular weight excluding hydrogens is 390 g/mol. The Morgan fingerprint density at radius 1 is 0.968 bits per heavy atom. The smallest absolute Gasteiger partial charge is 0.132 e. The number of rotatable bonds is 7. The fourth-order valence-corrected chi connectivity index (χ4v) is 3.78. The van der Waals surface area contributed by atoms with Crippen molar-refractivity contribution in [1.82, 2.24) is 0 Å². The van der Waals surface area contributed by atoms with Crippen LogP contribution in [-0.4, -0.2) is 23.9 Å². The van der Waals surface area contributed by atoms with Gasteiger partial charge in [0.05, 0.1) is 13.7 Å². The molecular formula is C26H29NO4. The third kappa shape index (κ3) is 4.84. The summed E-state index contributed by atoms with van der Waals surface area (Å²) in [6, 6.07) is 23.9. The van der Waals surface area contributed by atoms with E-state index in [9.17, 15) is 5.11 Å². The van der Waals surface area contributed by atoms with Gasteiger partial charge in [-0.15, -0.1) is 0 Å². The third-order valence-corrected chi connectivity index (χ3v) is 5.59. The van der Waals surface area contributed by atoms with Crippen molar-refractivity contribution in [3.8, 4) is 11.5 Å². The van der Waals surface area contributed by atoms with Crippen molar-refractivity contribution in [1.29, 1.82) is 0 Å². The van der Waals surface area contributed by atoms with Crippen molar-refractivity contribution < 1.29 is 19.3 Å². The van der Waals surface area contributed by atoms with Crippen LogP contribution in [0.4, 0.5) is 5.69 Å². The maximum Gasteiger partial charge on any atom is 0.132 e. The molecule has 162 valence electrons. The third-order valence-electron chi connectivity index (χ3n) is 5.59. The number of hydrogen-bond acceptors (Lipinski definition) is 5. The van der Waals surface area contributed by atoms with Gasteiger partial charge in [0, 0.05) is 17.8 Å². The highest BCUT2D eigenvalue weighted by atomic mass is 16.5. The second-order valence-electron chi connectivity index (χ2n) is 8.33. The van der Waals surface area contributed by atoms with E-state index >= 15 is 0 Å². The Morgan fingerprint density at radius 3 is 2.52 bits per heavy atom. The van der Waals surface area contributed by atoms with Gasteiger partial charge in [-0.05, 0) is 55.3 Å². The van der Waals surface area contributed by atoms with Crippen molar-refractivity contribution in [2.24, 2.45) is 0 Å². The number of aliphatic hydroxyl groups is 1. The van der Waals surface area contributed by atoms with Crippen LogP contribution in [0, 0.1) is 0 Å². The zero-order valence-corrected chi connectivity index (χ0v) is 18.2. The Hall–Kier alpha value is -3.02. The molecule has 31 heavy (non-hydrogen) atoms. The fraction of sp³-hybridized carbons (Fsp3) is 0.308.